The number of hydrogen-bond donors (Lipinski definition) is 0. The molecular weight excluding hydrogens is 438 g/mol. The summed E-state index contributed by atoms with van der Waals surface area (Å²) in [5.41, 5.74) is 7.74. The van der Waals surface area contributed by atoms with Gasteiger partial charge in [-0.25, -0.2) is 4.98 Å². The lowest BCUT2D eigenvalue weighted by molar-refractivity contribution is 1.26. The molecule has 3 heteroatoms. The summed E-state index contributed by atoms with van der Waals surface area (Å²) in [7, 11) is 0. The van der Waals surface area contributed by atoms with Crippen LogP contribution in [0.1, 0.15) is 0 Å². The molecule has 0 amide bonds. The SMILES string of the molecule is c1ccc(N(c2ccccc2)c2ccc(-c3cnc4c5ccccc5c5ccccc5n34)cc2)cc1. The van der Waals surface area contributed by atoms with Gasteiger partial charge < -0.3 is 4.90 Å². The summed E-state index contributed by atoms with van der Waals surface area (Å²) < 4.78 is 2.29. The average Bonchev–Trinajstić information content (AvgIpc) is 3.41. The molecule has 0 saturated carbocycles. The van der Waals surface area contributed by atoms with E-state index < -0.39 is 0 Å². The topological polar surface area (TPSA) is 20.5 Å². The number of rotatable bonds is 4. The first-order valence-electron chi connectivity index (χ1n) is 12.2. The molecular formula is C33H23N3. The van der Waals surface area contributed by atoms with Gasteiger partial charge in [0.25, 0.3) is 0 Å². The van der Waals surface area contributed by atoms with Crippen molar-refractivity contribution in [3.05, 3.63) is 140 Å². The standard InChI is InChI=1S/C33H23N3/c1-3-11-25(12-4-1)35(26-13-5-2-6-14-26)27-21-19-24(20-22-27)32-23-34-33-30-17-8-7-15-28(30)29-16-9-10-18-31(29)36(32)33/h1-23H. The molecule has 36 heavy (non-hydrogen) atoms. The van der Waals surface area contributed by atoms with Crippen molar-refractivity contribution in [3.63, 3.8) is 0 Å². The van der Waals surface area contributed by atoms with Crippen molar-refractivity contribution in [3.8, 4) is 11.3 Å². The van der Waals surface area contributed by atoms with Gasteiger partial charge in [0.15, 0.2) is 0 Å². The van der Waals surface area contributed by atoms with Gasteiger partial charge in [0, 0.05) is 33.4 Å². The van der Waals surface area contributed by atoms with Crippen molar-refractivity contribution in [2.24, 2.45) is 0 Å². The third kappa shape index (κ3) is 3.25. The summed E-state index contributed by atoms with van der Waals surface area (Å²) in [4.78, 5) is 7.16. The molecule has 3 nitrogen and oxygen atoms in total. The van der Waals surface area contributed by atoms with E-state index in [9.17, 15) is 0 Å². The summed E-state index contributed by atoms with van der Waals surface area (Å²) in [5, 5.41) is 3.63. The quantitative estimate of drug-likeness (QED) is 0.244. The van der Waals surface area contributed by atoms with Gasteiger partial charge in [-0.05, 0) is 47.9 Å². The Morgan fingerprint density at radius 1 is 0.472 bits per heavy atom. The molecule has 0 fully saturated rings. The molecule has 0 aliphatic heterocycles. The van der Waals surface area contributed by atoms with Crippen LogP contribution in [0, 0.1) is 0 Å². The number of fused-ring (bicyclic) bond motifs is 6. The van der Waals surface area contributed by atoms with Crippen LogP contribution in [0.25, 0.3) is 38.6 Å². The first-order valence-corrected chi connectivity index (χ1v) is 12.2. The molecule has 5 aromatic carbocycles. The van der Waals surface area contributed by atoms with Gasteiger partial charge >= 0.3 is 0 Å². The van der Waals surface area contributed by atoms with Crippen molar-refractivity contribution < 1.29 is 0 Å². The summed E-state index contributed by atoms with van der Waals surface area (Å²) in [6.45, 7) is 0. The van der Waals surface area contributed by atoms with Crippen LogP contribution in [0.15, 0.2) is 140 Å². The highest BCUT2D eigenvalue weighted by Gasteiger charge is 2.15. The normalized spacial score (nSPS) is 11.3. The Morgan fingerprint density at radius 3 is 1.67 bits per heavy atom. The van der Waals surface area contributed by atoms with Crippen molar-refractivity contribution in [2.45, 2.75) is 0 Å². The number of pyridine rings is 1. The number of para-hydroxylation sites is 3. The predicted octanol–water partition coefficient (Wildman–Crippen LogP) is 8.78. The minimum atomic E-state index is 0.985. The van der Waals surface area contributed by atoms with Crippen LogP contribution in [-0.2, 0) is 0 Å². The van der Waals surface area contributed by atoms with E-state index >= 15 is 0 Å². The molecule has 0 spiro atoms. The lowest BCUT2D eigenvalue weighted by Gasteiger charge is -2.25. The Kier molecular flexibility index (Phi) is 4.78. The fourth-order valence-electron chi connectivity index (χ4n) is 5.18. The molecule has 0 aliphatic rings. The van der Waals surface area contributed by atoms with Gasteiger partial charge in [-0.15, -0.1) is 0 Å². The van der Waals surface area contributed by atoms with Crippen molar-refractivity contribution >= 4 is 44.4 Å². The lowest BCUT2D eigenvalue weighted by atomic mass is 10.1. The number of anilines is 3. The maximum absolute atomic E-state index is 4.88. The summed E-state index contributed by atoms with van der Waals surface area (Å²) >= 11 is 0. The van der Waals surface area contributed by atoms with Crippen molar-refractivity contribution in [1.82, 2.24) is 9.38 Å². The molecule has 0 N–H and O–H groups in total. The first-order chi connectivity index (χ1) is 17.9. The van der Waals surface area contributed by atoms with Gasteiger partial charge in [-0.1, -0.05) is 91.0 Å². The van der Waals surface area contributed by atoms with Gasteiger partial charge in [-0.3, -0.25) is 4.40 Å². The van der Waals surface area contributed by atoms with Crippen LogP contribution < -0.4 is 4.90 Å². The fourth-order valence-corrected chi connectivity index (χ4v) is 5.18. The smallest absolute Gasteiger partial charge is 0.145 e. The number of aromatic nitrogens is 2. The highest BCUT2D eigenvalue weighted by Crippen LogP contribution is 2.37. The fraction of sp³-hybridized carbons (Fsp3) is 0. The molecule has 0 atom stereocenters. The molecule has 170 valence electrons. The van der Waals surface area contributed by atoms with E-state index in [-0.39, 0.29) is 0 Å². The molecule has 2 aromatic heterocycles. The molecule has 0 aliphatic carbocycles. The minimum absolute atomic E-state index is 0.985. The second-order valence-corrected chi connectivity index (χ2v) is 8.92. The number of benzene rings is 5. The molecule has 0 saturated heterocycles. The third-order valence-electron chi connectivity index (χ3n) is 6.81. The van der Waals surface area contributed by atoms with E-state index in [0.717, 1.165) is 39.5 Å². The lowest BCUT2D eigenvalue weighted by Crippen LogP contribution is -2.09. The zero-order valence-electron chi connectivity index (χ0n) is 19.6. The van der Waals surface area contributed by atoms with Crippen LogP contribution >= 0.6 is 0 Å². The van der Waals surface area contributed by atoms with Crippen LogP contribution in [0.3, 0.4) is 0 Å². The van der Waals surface area contributed by atoms with Crippen molar-refractivity contribution in [1.29, 1.82) is 0 Å². The number of imidazole rings is 1. The van der Waals surface area contributed by atoms with Gasteiger partial charge in [0.2, 0.25) is 0 Å². The predicted molar refractivity (Wildman–Crippen MR) is 150 cm³/mol. The highest BCUT2D eigenvalue weighted by atomic mass is 15.1. The zero-order valence-corrected chi connectivity index (χ0v) is 19.6. The van der Waals surface area contributed by atoms with Crippen LogP contribution in [0.4, 0.5) is 17.1 Å². The van der Waals surface area contributed by atoms with Gasteiger partial charge in [0.1, 0.15) is 5.65 Å². The zero-order chi connectivity index (χ0) is 23.9. The summed E-state index contributed by atoms with van der Waals surface area (Å²) in [6, 6.07) is 46.9. The Balaban J connectivity index is 1.40. The van der Waals surface area contributed by atoms with E-state index in [4.69, 9.17) is 4.98 Å². The molecule has 7 aromatic rings. The molecule has 0 radical (unpaired) electrons. The van der Waals surface area contributed by atoms with Crippen LogP contribution in [0.5, 0.6) is 0 Å². The Morgan fingerprint density at radius 2 is 1.00 bits per heavy atom. The van der Waals surface area contributed by atoms with E-state index in [0.29, 0.717) is 0 Å². The Hall–Kier alpha value is -4.89. The monoisotopic (exact) mass is 461 g/mol. The second kappa shape index (κ2) is 8.40. The van der Waals surface area contributed by atoms with E-state index in [1.165, 1.54) is 16.2 Å². The van der Waals surface area contributed by atoms with Gasteiger partial charge in [0.05, 0.1) is 17.4 Å². The first kappa shape index (κ1) is 20.5. The average molecular weight is 462 g/mol. The largest absolute Gasteiger partial charge is 0.311 e. The van der Waals surface area contributed by atoms with Crippen LogP contribution in [0.2, 0.25) is 0 Å². The van der Waals surface area contributed by atoms with Gasteiger partial charge in [-0.2, -0.15) is 0 Å². The minimum Gasteiger partial charge on any atom is -0.311 e. The maximum atomic E-state index is 4.88. The van der Waals surface area contributed by atoms with E-state index in [2.05, 4.69) is 143 Å². The maximum Gasteiger partial charge on any atom is 0.145 e. The molecule has 7 rings (SSSR count). The van der Waals surface area contributed by atoms with E-state index in [1.54, 1.807) is 0 Å². The second-order valence-electron chi connectivity index (χ2n) is 8.92. The molecule has 2 heterocycles. The Bertz CT molecular complexity index is 1780. The molecule has 0 bridgehead atoms. The van der Waals surface area contributed by atoms with Crippen molar-refractivity contribution in [2.75, 3.05) is 4.90 Å². The number of hydrogen-bond acceptors (Lipinski definition) is 2. The third-order valence-corrected chi connectivity index (χ3v) is 6.81. The molecule has 0 unspecified atom stereocenters. The highest BCUT2D eigenvalue weighted by molar-refractivity contribution is 6.12. The number of nitrogens with zero attached hydrogens (tertiary/aromatic N) is 3. The summed E-state index contributed by atoms with van der Waals surface area (Å²) in [6.07, 6.45) is 2.00. The Labute approximate surface area is 209 Å². The van der Waals surface area contributed by atoms with E-state index in [1.807, 2.05) is 6.20 Å². The summed E-state index contributed by atoms with van der Waals surface area (Å²) in [5.74, 6) is 0. The van der Waals surface area contributed by atoms with Crippen LogP contribution in [-0.4, -0.2) is 9.38 Å².